The minimum absolute atomic E-state index is 1.11. The molecule has 82 heavy (non-hydrogen) atoms. The van der Waals surface area contributed by atoms with Gasteiger partial charge in [0.25, 0.3) is 0 Å². The first kappa shape index (κ1) is 49.2. The van der Waals surface area contributed by atoms with Gasteiger partial charge in [0.05, 0.1) is 27.8 Å². The number of para-hydroxylation sites is 2. The molecule has 4 heteroatoms. The zero-order valence-corrected chi connectivity index (χ0v) is 46.7. The molecule has 0 saturated carbocycles. The van der Waals surface area contributed by atoms with Crippen LogP contribution >= 0.6 is 20.1 Å². The van der Waals surface area contributed by atoms with Crippen molar-refractivity contribution in [3.63, 3.8) is 0 Å². The molecule has 0 aliphatic carbocycles. The van der Waals surface area contributed by atoms with Crippen LogP contribution < -0.4 is 0 Å². The predicted octanol–water partition coefficient (Wildman–Crippen LogP) is 21.9. The van der Waals surface area contributed by atoms with Gasteiger partial charge >= 0.3 is 0 Å². The first-order valence-corrected chi connectivity index (χ1v) is 31.3. The molecule has 13 aromatic carbocycles. The van der Waals surface area contributed by atoms with Crippen LogP contribution in [0.15, 0.2) is 379 Å². The Morgan fingerprint density at radius 3 is 1.04 bits per heavy atom. The maximum Gasteiger partial charge on any atom is 0.0562 e. The van der Waals surface area contributed by atoms with Crippen molar-refractivity contribution in [2.75, 3.05) is 0 Å². The van der Waals surface area contributed by atoms with E-state index in [1.54, 1.807) is 0 Å². The first-order valence-electron chi connectivity index (χ1n) is 28.0. The molecule has 0 aliphatic heterocycles. The van der Waals surface area contributed by atoms with Gasteiger partial charge in [0.1, 0.15) is 0 Å². The van der Waals surface area contributed by atoms with E-state index in [0.29, 0.717) is 0 Å². The van der Waals surface area contributed by atoms with E-state index in [4.69, 9.17) is 0 Å². The normalized spacial score (nSPS) is 12.3. The largest absolute Gasteiger partial charge is 0.309 e. The van der Waals surface area contributed by atoms with Crippen LogP contribution in [0.25, 0.3) is 77.2 Å². The SMILES string of the molecule is c1ccc(-c2cc(-c3ccccc3)cc(S(c3ccccc3)(c3ccccc3)c3ccc(-n4c5ccccc5c5c(-n6c7ccccc7c7c(S(c8ccccc8)(c8ccccc8)c8ccccc8)cccc76)cccc54)cc3)c2)cc1. The van der Waals surface area contributed by atoms with Gasteiger partial charge in [0.15, 0.2) is 0 Å². The molecular weight excluding hydrogens is 1030 g/mol. The Bertz CT molecular complexity index is 4560. The Kier molecular flexibility index (Phi) is 12.4. The summed E-state index contributed by atoms with van der Waals surface area (Å²) in [7, 11) is -4.12. The molecule has 2 nitrogen and oxygen atoms in total. The molecule has 0 radical (unpaired) electrons. The summed E-state index contributed by atoms with van der Waals surface area (Å²) in [4.78, 5) is 10.3. The zero-order chi connectivity index (χ0) is 54.5. The molecule has 0 spiro atoms. The lowest BCUT2D eigenvalue weighted by Gasteiger charge is -2.42. The Balaban J connectivity index is 0.959. The van der Waals surface area contributed by atoms with Gasteiger partial charge in [0, 0.05) is 66.4 Å². The third-order valence-corrected chi connectivity index (χ3v) is 24.1. The van der Waals surface area contributed by atoms with Crippen LogP contribution in [-0.2, 0) is 0 Å². The third-order valence-electron chi connectivity index (χ3n) is 16.3. The minimum Gasteiger partial charge on any atom is -0.309 e. The quantitative estimate of drug-likeness (QED) is 0.115. The number of hydrogen-bond donors (Lipinski definition) is 0. The summed E-state index contributed by atoms with van der Waals surface area (Å²) in [6.45, 7) is 0. The molecule has 15 rings (SSSR count). The predicted molar refractivity (Wildman–Crippen MR) is 346 cm³/mol. The third kappa shape index (κ3) is 7.90. The maximum atomic E-state index is 2.55. The van der Waals surface area contributed by atoms with Crippen LogP contribution in [0.2, 0.25) is 0 Å². The molecule has 0 fully saturated rings. The molecule has 2 heterocycles. The summed E-state index contributed by atoms with van der Waals surface area (Å²) >= 11 is 0. The highest BCUT2D eigenvalue weighted by Gasteiger charge is 2.37. The molecule has 15 aromatic rings. The second-order valence-corrected chi connectivity index (χ2v) is 27.0. The lowest BCUT2D eigenvalue weighted by atomic mass is 9.99. The van der Waals surface area contributed by atoms with Crippen molar-refractivity contribution < 1.29 is 0 Å². The van der Waals surface area contributed by atoms with E-state index in [9.17, 15) is 0 Å². The van der Waals surface area contributed by atoms with E-state index >= 15 is 0 Å². The fourth-order valence-electron chi connectivity index (χ4n) is 12.9. The molecule has 0 bridgehead atoms. The minimum atomic E-state index is -2.10. The van der Waals surface area contributed by atoms with Gasteiger partial charge in [0.2, 0.25) is 0 Å². The van der Waals surface area contributed by atoms with E-state index in [2.05, 4.69) is 349 Å². The van der Waals surface area contributed by atoms with Gasteiger partial charge in [-0.2, -0.15) is 0 Å². The van der Waals surface area contributed by atoms with Crippen molar-refractivity contribution in [3.05, 3.63) is 340 Å². The molecule has 0 atom stereocenters. The summed E-state index contributed by atoms with van der Waals surface area (Å²) < 4.78 is 5.03. The molecule has 0 amide bonds. The average Bonchev–Trinajstić information content (AvgIpc) is 3.15. The Morgan fingerprint density at radius 1 is 0.207 bits per heavy atom. The number of hydrogen-bond acceptors (Lipinski definition) is 0. The van der Waals surface area contributed by atoms with Gasteiger partial charge in [-0.15, -0.1) is 20.1 Å². The molecule has 0 N–H and O–H groups in total. The van der Waals surface area contributed by atoms with Crippen LogP contribution in [0.5, 0.6) is 0 Å². The summed E-state index contributed by atoms with van der Waals surface area (Å²) in [5.74, 6) is 0. The molecule has 0 saturated heterocycles. The monoisotopic (exact) mass is 1080 g/mol. The number of benzene rings is 13. The Morgan fingerprint density at radius 2 is 0.561 bits per heavy atom. The van der Waals surface area contributed by atoms with Crippen LogP contribution in [-0.4, -0.2) is 9.13 Å². The van der Waals surface area contributed by atoms with E-state index in [0.717, 1.165) is 22.4 Å². The lowest BCUT2D eigenvalue weighted by Crippen LogP contribution is -2.06. The van der Waals surface area contributed by atoms with Crippen LogP contribution in [0.3, 0.4) is 0 Å². The fraction of sp³-hybridized carbons (Fsp3) is 0. The Labute approximate surface area is 482 Å². The molecular formula is C78H56N2S2. The molecule has 0 unspecified atom stereocenters. The topological polar surface area (TPSA) is 9.86 Å². The van der Waals surface area contributed by atoms with E-state index in [1.807, 2.05) is 0 Å². The van der Waals surface area contributed by atoms with Crippen molar-refractivity contribution in [3.8, 4) is 33.6 Å². The standard InChI is InChI=1S/C78H56N2S2/c1-8-28-57(29-9-1)59-54-60(58-30-10-2-11-31-58)56-68(55-59)81(62-32-12-3-13-33-62,63-34-14-4-15-35-63)67-52-50-61(51-53-67)79-71-44-24-22-42-69(71)77-73(79)46-26-47-74(77)80-72-45-25-23-43-70(72)78-75(80)48-27-49-76(78)82(64-36-16-5-17-37-64,65-38-18-6-19-39-65)66-40-20-7-21-41-66/h1-56H. The zero-order valence-electron chi connectivity index (χ0n) is 45.0. The van der Waals surface area contributed by atoms with Crippen molar-refractivity contribution in [2.45, 2.75) is 39.2 Å². The van der Waals surface area contributed by atoms with E-state index in [1.165, 1.54) is 94.0 Å². The van der Waals surface area contributed by atoms with Crippen LogP contribution in [0.4, 0.5) is 0 Å². The van der Waals surface area contributed by atoms with Crippen molar-refractivity contribution in [1.82, 2.24) is 9.13 Å². The lowest BCUT2D eigenvalue weighted by molar-refractivity contribution is 1.15. The van der Waals surface area contributed by atoms with E-state index in [-0.39, 0.29) is 0 Å². The van der Waals surface area contributed by atoms with Crippen LogP contribution in [0, 0.1) is 0 Å². The van der Waals surface area contributed by atoms with Gasteiger partial charge in [-0.3, -0.25) is 0 Å². The second kappa shape index (κ2) is 20.7. The van der Waals surface area contributed by atoms with E-state index < -0.39 is 20.1 Å². The summed E-state index contributed by atoms with van der Waals surface area (Å²) in [6, 6.07) is 127. The van der Waals surface area contributed by atoms with Crippen molar-refractivity contribution >= 4 is 63.7 Å². The summed E-state index contributed by atoms with van der Waals surface area (Å²) in [5.41, 5.74) is 11.7. The first-order chi connectivity index (χ1) is 40.7. The van der Waals surface area contributed by atoms with Gasteiger partial charge in [-0.25, -0.2) is 0 Å². The second-order valence-electron chi connectivity index (χ2n) is 20.8. The molecule has 390 valence electrons. The number of rotatable bonds is 12. The van der Waals surface area contributed by atoms with Gasteiger partial charge in [-0.1, -0.05) is 200 Å². The molecule has 2 aromatic heterocycles. The Hall–Kier alpha value is -9.84. The van der Waals surface area contributed by atoms with Crippen molar-refractivity contribution in [1.29, 1.82) is 0 Å². The summed E-state index contributed by atoms with van der Waals surface area (Å²) in [5, 5.41) is 4.92. The molecule has 0 aliphatic rings. The summed E-state index contributed by atoms with van der Waals surface area (Å²) in [6.07, 6.45) is 0. The van der Waals surface area contributed by atoms with Crippen molar-refractivity contribution in [2.24, 2.45) is 0 Å². The van der Waals surface area contributed by atoms with Gasteiger partial charge < -0.3 is 9.13 Å². The highest BCUT2D eigenvalue weighted by atomic mass is 32.3. The highest BCUT2D eigenvalue weighted by Crippen LogP contribution is 2.76. The number of aromatic nitrogens is 2. The van der Waals surface area contributed by atoms with Crippen LogP contribution in [0.1, 0.15) is 0 Å². The average molecular weight is 1090 g/mol. The maximum absolute atomic E-state index is 2.55. The smallest absolute Gasteiger partial charge is 0.0562 e. The number of nitrogens with zero attached hydrogens (tertiary/aromatic N) is 2. The van der Waals surface area contributed by atoms with Gasteiger partial charge in [-0.05, 0) is 162 Å². The fourth-order valence-corrected chi connectivity index (χ4v) is 20.9. The highest BCUT2D eigenvalue weighted by molar-refractivity contribution is 8.34. The number of fused-ring (bicyclic) bond motifs is 6.